The second-order valence-corrected chi connectivity index (χ2v) is 8.16. The minimum Gasteiger partial charge on any atom is -0.493 e. The molecule has 0 unspecified atom stereocenters. The van der Waals surface area contributed by atoms with Crippen LogP contribution in [0.1, 0.15) is 31.1 Å². The zero-order valence-corrected chi connectivity index (χ0v) is 29.8. The van der Waals surface area contributed by atoms with Crippen molar-refractivity contribution in [1.29, 1.82) is 0 Å². The van der Waals surface area contributed by atoms with Crippen LogP contribution in [-0.2, 0) is 0 Å². The molecule has 3 aromatic carbocycles. The minimum absolute atomic E-state index is 0. The molecular weight excluding hydrogens is 740 g/mol. The van der Waals surface area contributed by atoms with Crippen LogP contribution in [0, 0.1) is 41.7 Å². The molecule has 0 radical (unpaired) electrons. The zero-order valence-electron chi connectivity index (χ0n) is 26.7. The van der Waals surface area contributed by atoms with Crippen LogP contribution in [-0.4, -0.2) is 97.2 Å². The van der Waals surface area contributed by atoms with Gasteiger partial charge >= 0.3 is 17.9 Å². The maximum Gasteiger partial charge on any atom is 0.335 e. The number of benzene rings is 3. The fourth-order valence-corrected chi connectivity index (χ4v) is 3.61. The number of hydrogen-bond acceptors (Lipinski definition) is 12. The number of carboxylic acid groups (broad SMARTS) is 3. The van der Waals surface area contributed by atoms with Crippen molar-refractivity contribution in [3.63, 3.8) is 0 Å². The maximum atomic E-state index is 10.8. The van der Waals surface area contributed by atoms with Crippen molar-refractivity contribution in [3.05, 3.63) is 53.1 Å². The van der Waals surface area contributed by atoms with Crippen molar-refractivity contribution in [2.24, 2.45) is 0 Å². The quantitative estimate of drug-likeness (QED) is 0.236. The van der Waals surface area contributed by atoms with Crippen molar-refractivity contribution >= 4 is 17.9 Å². The van der Waals surface area contributed by atoms with Gasteiger partial charge < -0.3 is 58.0 Å². The smallest absolute Gasteiger partial charge is 0.335 e. The average molecular weight is 777 g/mol. The molecule has 46 heavy (non-hydrogen) atoms. The van der Waals surface area contributed by atoms with E-state index in [9.17, 15) is 14.4 Å². The van der Waals surface area contributed by atoms with Gasteiger partial charge in [-0.3, -0.25) is 0 Å². The summed E-state index contributed by atoms with van der Waals surface area (Å²) in [6.45, 7) is 0. The van der Waals surface area contributed by atoms with Gasteiger partial charge in [0.2, 0.25) is 17.2 Å². The van der Waals surface area contributed by atoms with E-state index in [4.69, 9.17) is 58.0 Å². The Morgan fingerprint density at radius 3 is 0.609 bits per heavy atom. The van der Waals surface area contributed by atoms with Crippen LogP contribution in [0.3, 0.4) is 0 Å². The first kappa shape index (κ1) is 41.6. The molecule has 0 aliphatic rings. The third-order valence-electron chi connectivity index (χ3n) is 5.74. The predicted octanol–water partition coefficient (Wildman–Crippen LogP) is 4.23. The summed E-state index contributed by atoms with van der Waals surface area (Å²) in [7, 11) is 13.0. The molecule has 0 saturated heterocycles. The molecule has 250 valence electrons. The molecule has 0 saturated carbocycles. The molecule has 15 nitrogen and oxygen atoms in total. The number of aromatic carboxylic acids is 3. The molecule has 0 amide bonds. The van der Waals surface area contributed by atoms with Crippen LogP contribution < -0.4 is 42.6 Å². The molecule has 3 aromatic rings. The van der Waals surface area contributed by atoms with E-state index in [1.165, 1.54) is 100 Å². The van der Waals surface area contributed by atoms with Crippen LogP contribution in [0.15, 0.2) is 36.4 Å². The Balaban J connectivity index is 0.000000653. The molecule has 0 aliphatic heterocycles. The van der Waals surface area contributed by atoms with Gasteiger partial charge in [-0.1, -0.05) is 0 Å². The molecular formula is C30H36CeO15. The summed E-state index contributed by atoms with van der Waals surface area (Å²) >= 11 is 0. The summed E-state index contributed by atoms with van der Waals surface area (Å²) < 4.78 is 45.2. The molecule has 3 N–H and O–H groups in total. The number of carboxylic acids is 3. The molecule has 0 atom stereocenters. The first-order valence-corrected chi connectivity index (χ1v) is 12.5. The van der Waals surface area contributed by atoms with E-state index in [1.54, 1.807) is 0 Å². The SMILES string of the molecule is COc1cc(C(=O)O)cc(OC)c1OC.COc1cc(C(=O)O)cc(OC)c1OC.COc1cc(C(=O)O)cc(OC)c1OC.[Ce]. The maximum absolute atomic E-state index is 10.8. The van der Waals surface area contributed by atoms with Crippen LogP contribution >= 0.6 is 0 Å². The van der Waals surface area contributed by atoms with E-state index < -0.39 is 17.9 Å². The topological polar surface area (TPSA) is 195 Å². The van der Waals surface area contributed by atoms with Gasteiger partial charge in [-0.05, 0) is 36.4 Å². The van der Waals surface area contributed by atoms with Gasteiger partial charge in [0.05, 0.1) is 80.7 Å². The summed E-state index contributed by atoms with van der Waals surface area (Å²) in [4.78, 5) is 32.4. The summed E-state index contributed by atoms with van der Waals surface area (Å²) in [6.07, 6.45) is 0. The van der Waals surface area contributed by atoms with E-state index in [0.717, 1.165) is 0 Å². The Hall–Kier alpha value is -4.35. The van der Waals surface area contributed by atoms with Gasteiger partial charge in [-0.15, -0.1) is 0 Å². The number of rotatable bonds is 12. The summed E-state index contributed by atoms with van der Waals surface area (Å²) in [5.74, 6) is -0.0340. The van der Waals surface area contributed by atoms with E-state index >= 15 is 0 Å². The Morgan fingerprint density at radius 1 is 0.370 bits per heavy atom. The van der Waals surface area contributed by atoms with Gasteiger partial charge in [-0.25, -0.2) is 14.4 Å². The average Bonchev–Trinajstić information content (AvgIpc) is 3.06. The van der Waals surface area contributed by atoms with Gasteiger partial charge in [0.15, 0.2) is 34.5 Å². The molecule has 0 fully saturated rings. The van der Waals surface area contributed by atoms with Crippen LogP contribution in [0.4, 0.5) is 0 Å². The molecule has 3 rings (SSSR count). The monoisotopic (exact) mass is 776 g/mol. The van der Waals surface area contributed by atoms with E-state index in [2.05, 4.69) is 0 Å². The molecule has 0 aromatic heterocycles. The molecule has 0 heterocycles. The minimum atomic E-state index is -1.05. The van der Waals surface area contributed by atoms with E-state index in [-0.39, 0.29) is 58.4 Å². The fourth-order valence-electron chi connectivity index (χ4n) is 3.61. The van der Waals surface area contributed by atoms with Crippen LogP contribution in [0.25, 0.3) is 0 Å². The first-order valence-electron chi connectivity index (χ1n) is 12.5. The molecule has 0 spiro atoms. The molecule has 0 aliphatic carbocycles. The summed E-state index contributed by atoms with van der Waals surface area (Å²) in [5, 5.41) is 26.5. The summed E-state index contributed by atoms with van der Waals surface area (Å²) in [6, 6.07) is 8.27. The van der Waals surface area contributed by atoms with E-state index in [1.807, 2.05) is 0 Å². The molecule has 16 heteroatoms. The standard InChI is InChI=1S/3C10H12O5.Ce/c3*1-13-7-4-6(10(11)12)5-8(14-2)9(7)15-3;/h3*4-5H,1-3H3,(H,11,12);. The van der Waals surface area contributed by atoms with E-state index in [0.29, 0.717) is 51.7 Å². The van der Waals surface area contributed by atoms with Crippen molar-refractivity contribution in [2.75, 3.05) is 64.0 Å². The Labute approximate surface area is 299 Å². The van der Waals surface area contributed by atoms with Crippen LogP contribution in [0.5, 0.6) is 51.7 Å². The van der Waals surface area contributed by atoms with Crippen molar-refractivity contribution < 1.29 is 114 Å². The third kappa shape index (κ3) is 10.9. The number of hydrogen-bond donors (Lipinski definition) is 3. The normalized spacial score (nSPS) is 9.33. The van der Waals surface area contributed by atoms with Gasteiger partial charge in [0.1, 0.15) is 0 Å². The second kappa shape index (κ2) is 20.6. The second-order valence-electron chi connectivity index (χ2n) is 8.16. The van der Waals surface area contributed by atoms with Gasteiger partial charge in [0, 0.05) is 41.7 Å². The largest absolute Gasteiger partial charge is 0.493 e. The summed E-state index contributed by atoms with van der Waals surface area (Å²) in [5.41, 5.74) is 0.263. The zero-order chi connectivity index (χ0) is 34.3. The number of methoxy groups -OCH3 is 9. The van der Waals surface area contributed by atoms with Gasteiger partial charge in [-0.2, -0.15) is 0 Å². The fraction of sp³-hybridized carbons (Fsp3) is 0.300. The third-order valence-corrected chi connectivity index (χ3v) is 5.74. The van der Waals surface area contributed by atoms with Crippen molar-refractivity contribution in [1.82, 2.24) is 0 Å². The number of ether oxygens (including phenoxy) is 9. The van der Waals surface area contributed by atoms with Crippen molar-refractivity contribution in [2.45, 2.75) is 0 Å². The predicted molar refractivity (Wildman–Crippen MR) is 159 cm³/mol. The van der Waals surface area contributed by atoms with Crippen LogP contribution in [0.2, 0.25) is 0 Å². The van der Waals surface area contributed by atoms with Crippen molar-refractivity contribution in [3.8, 4) is 51.7 Å². The van der Waals surface area contributed by atoms with Gasteiger partial charge in [0.25, 0.3) is 0 Å². The number of carbonyl (C=O) groups is 3. The Kier molecular flexibility index (Phi) is 18.7. The Morgan fingerprint density at radius 2 is 0.522 bits per heavy atom. The Bertz CT molecular complexity index is 1220. The molecule has 0 bridgehead atoms. The first-order chi connectivity index (χ1) is 21.4.